The van der Waals surface area contributed by atoms with Crippen molar-refractivity contribution in [2.24, 2.45) is 0 Å². The molecule has 2 aromatic carbocycles. The summed E-state index contributed by atoms with van der Waals surface area (Å²) in [4.78, 5) is 38.7. The molecule has 1 fully saturated rings. The highest BCUT2D eigenvalue weighted by Gasteiger charge is 2.36. The lowest BCUT2D eigenvalue weighted by Crippen LogP contribution is -2.36. The fourth-order valence-electron chi connectivity index (χ4n) is 3.23. The number of carbonyl (C=O) groups is 3. The summed E-state index contributed by atoms with van der Waals surface area (Å²) in [5, 5.41) is 2.26. The fraction of sp³-hybridized carbons (Fsp3) is 0.261. The van der Waals surface area contributed by atoms with E-state index in [9.17, 15) is 14.4 Å². The van der Waals surface area contributed by atoms with Gasteiger partial charge in [0, 0.05) is 5.69 Å². The first-order chi connectivity index (χ1) is 14.8. The second kappa shape index (κ2) is 9.70. The minimum absolute atomic E-state index is 0.247. The Hall–Kier alpha value is -3.26. The number of hydrogen-bond acceptors (Lipinski definition) is 6. The van der Waals surface area contributed by atoms with Crippen molar-refractivity contribution in [1.82, 2.24) is 4.90 Å². The standard InChI is InChI=1S/C23H24N2O5S/c1-5-30-19-11-16(6-7-18(19)29-4)12-20-22(27)25(23(28)31-20)13-21(26)24-17-9-14(2)8-15(3)10-17/h6-12H,5,13H2,1-4H3,(H,24,26)/b20-12+. The maximum Gasteiger partial charge on any atom is 0.294 e. The maximum atomic E-state index is 12.7. The number of thioether (sulfide) groups is 1. The molecule has 1 heterocycles. The van der Waals surface area contributed by atoms with Crippen LogP contribution < -0.4 is 14.8 Å². The summed E-state index contributed by atoms with van der Waals surface area (Å²) in [5.41, 5.74) is 3.34. The van der Waals surface area contributed by atoms with Gasteiger partial charge in [-0.15, -0.1) is 0 Å². The number of hydrogen-bond donors (Lipinski definition) is 1. The molecule has 0 aromatic heterocycles. The summed E-state index contributed by atoms with van der Waals surface area (Å²) in [6.07, 6.45) is 1.61. The molecule has 0 atom stereocenters. The number of aryl methyl sites for hydroxylation is 2. The third-order valence-electron chi connectivity index (χ3n) is 4.47. The van der Waals surface area contributed by atoms with Gasteiger partial charge in [-0.25, -0.2) is 0 Å². The number of carbonyl (C=O) groups excluding carboxylic acids is 3. The quantitative estimate of drug-likeness (QED) is 0.643. The van der Waals surface area contributed by atoms with Crippen LogP contribution in [-0.4, -0.2) is 42.2 Å². The summed E-state index contributed by atoms with van der Waals surface area (Å²) >= 11 is 0.805. The second-order valence-corrected chi connectivity index (χ2v) is 8.03. The van der Waals surface area contributed by atoms with Crippen LogP contribution in [0.1, 0.15) is 23.6 Å². The number of methoxy groups -OCH3 is 1. The van der Waals surface area contributed by atoms with E-state index in [0.29, 0.717) is 29.4 Å². The minimum Gasteiger partial charge on any atom is -0.493 e. The number of imide groups is 1. The van der Waals surface area contributed by atoms with Gasteiger partial charge in [-0.05, 0) is 79.6 Å². The first-order valence-corrected chi connectivity index (χ1v) is 10.6. The molecular weight excluding hydrogens is 416 g/mol. The lowest BCUT2D eigenvalue weighted by molar-refractivity contribution is -0.127. The highest BCUT2D eigenvalue weighted by molar-refractivity contribution is 8.18. The summed E-state index contributed by atoms with van der Waals surface area (Å²) in [6.45, 7) is 5.84. The average Bonchev–Trinajstić information content (AvgIpc) is 2.95. The number of nitrogens with one attached hydrogen (secondary N) is 1. The van der Waals surface area contributed by atoms with E-state index in [-0.39, 0.29) is 11.4 Å². The molecule has 2 aromatic rings. The zero-order valence-electron chi connectivity index (χ0n) is 17.9. The normalized spacial score (nSPS) is 14.8. The van der Waals surface area contributed by atoms with Crippen molar-refractivity contribution < 1.29 is 23.9 Å². The molecule has 3 rings (SSSR count). The van der Waals surface area contributed by atoms with E-state index in [1.165, 1.54) is 0 Å². The van der Waals surface area contributed by atoms with Crippen molar-refractivity contribution in [1.29, 1.82) is 0 Å². The van der Waals surface area contributed by atoms with Gasteiger partial charge < -0.3 is 14.8 Å². The molecule has 162 valence electrons. The number of anilines is 1. The molecule has 1 aliphatic rings. The van der Waals surface area contributed by atoms with Crippen LogP contribution in [0.15, 0.2) is 41.3 Å². The van der Waals surface area contributed by atoms with E-state index in [1.54, 1.807) is 31.4 Å². The smallest absolute Gasteiger partial charge is 0.294 e. The van der Waals surface area contributed by atoms with E-state index >= 15 is 0 Å². The largest absolute Gasteiger partial charge is 0.493 e. The first kappa shape index (κ1) is 22.4. The molecule has 0 unspecified atom stereocenters. The third kappa shape index (κ3) is 5.46. The summed E-state index contributed by atoms with van der Waals surface area (Å²) < 4.78 is 10.8. The molecule has 31 heavy (non-hydrogen) atoms. The Morgan fingerprint density at radius 3 is 2.45 bits per heavy atom. The molecular formula is C23H24N2O5S. The van der Waals surface area contributed by atoms with Crippen molar-refractivity contribution in [2.45, 2.75) is 20.8 Å². The van der Waals surface area contributed by atoms with Crippen LogP contribution in [0.4, 0.5) is 10.5 Å². The number of ether oxygens (including phenoxy) is 2. The Morgan fingerprint density at radius 1 is 1.10 bits per heavy atom. The van der Waals surface area contributed by atoms with Crippen molar-refractivity contribution in [3.8, 4) is 11.5 Å². The molecule has 7 nitrogen and oxygen atoms in total. The number of rotatable bonds is 7. The molecule has 1 aliphatic heterocycles. The van der Waals surface area contributed by atoms with Crippen molar-refractivity contribution in [2.75, 3.05) is 25.6 Å². The zero-order chi connectivity index (χ0) is 22.5. The number of amides is 3. The molecule has 0 spiro atoms. The molecule has 8 heteroatoms. The molecule has 1 N–H and O–H groups in total. The van der Waals surface area contributed by atoms with Crippen LogP contribution in [0.5, 0.6) is 11.5 Å². The molecule has 0 bridgehead atoms. The Kier molecular flexibility index (Phi) is 7.02. The van der Waals surface area contributed by atoms with Gasteiger partial charge in [-0.3, -0.25) is 19.3 Å². The fourth-order valence-corrected chi connectivity index (χ4v) is 4.07. The number of benzene rings is 2. The van der Waals surface area contributed by atoms with E-state index in [4.69, 9.17) is 9.47 Å². The highest BCUT2D eigenvalue weighted by Crippen LogP contribution is 2.34. The Morgan fingerprint density at radius 2 is 1.81 bits per heavy atom. The van der Waals surface area contributed by atoms with Crippen LogP contribution >= 0.6 is 11.8 Å². The monoisotopic (exact) mass is 440 g/mol. The van der Waals surface area contributed by atoms with Gasteiger partial charge in [0.1, 0.15) is 6.54 Å². The topological polar surface area (TPSA) is 84.9 Å². The Labute approximate surface area is 185 Å². The van der Waals surface area contributed by atoms with Crippen LogP contribution in [0, 0.1) is 13.8 Å². The molecule has 0 radical (unpaired) electrons. The maximum absolute atomic E-state index is 12.7. The van der Waals surface area contributed by atoms with Gasteiger partial charge in [0.05, 0.1) is 18.6 Å². The second-order valence-electron chi connectivity index (χ2n) is 7.04. The van der Waals surface area contributed by atoms with E-state index in [0.717, 1.165) is 27.8 Å². The van der Waals surface area contributed by atoms with Crippen LogP contribution in [-0.2, 0) is 9.59 Å². The van der Waals surface area contributed by atoms with Gasteiger partial charge in [0.25, 0.3) is 11.1 Å². The van der Waals surface area contributed by atoms with Gasteiger partial charge in [0.15, 0.2) is 11.5 Å². The third-order valence-corrected chi connectivity index (χ3v) is 5.37. The Bertz CT molecular complexity index is 1040. The van der Waals surface area contributed by atoms with E-state index in [1.807, 2.05) is 39.0 Å². The first-order valence-electron chi connectivity index (χ1n) is 9.75. The van der Waals surface area contributed by atoms with Gasteiger partial charge >= 0.3 is 0 Å². The lowest BCUT2D eigenvalue weighted by atomic mass is 10.1. The zero-order valence-corrected chi connectivity index (χ0v) is 18.7. The Balaban J connectivity index is 1.73. The van der Waals surface area contributed by atoms with Gasteiger partial charge in [0.2, 0.25) is 5.91 Å². The molecule has 0 saturated carbocycles. The van der Waals surface area contributed by atoms with Crippen molar-refractivity contribution in [3.63, 3.8) is 0 Å². The average molecular weight is 441 g/mol. The van der Waals surface area contributed by atoms with Crippen LogP contribution in [0.25, 0.3) is 6.08 Å². The minimum atomic E-state index is -0.501. The summed E-state index contributed by atoms with van der Waals surface area (Å²) in [5.74, 6) is 0.192. The number of nitrogens with zero attached hydrogens (tertiary/aromatic N) is 1. The van der Waals surface area contributed by atoms with Gasteiger partial charge in [-0.2, -0.15) is 0 Å². The SMILES string of the molecule is CCOc1cc(/C=C2/SC(=O)N(CC(=O)Nc3cc(C)cc(C)c3)C2=O)ccc1OC. The molecule has 0 aliphatic carbocycles. The predicted molar refractivity (Wildman–Crippen MR) is 121 cm³/mol. The van der Waals surface area contributed by atoms with E-state index < -0.39 is 17.1 Å². The van der Waals surface area contributed by atoms with Crippen LogP contribution in [0.2, 0.25) is 0 Å². The summed E-state index contributed by atoms with van der Waals surface area (Å²) in [7, 11) is 1.55. The molecule has 3 amide bonds. The molecule has 1 saturated heterocycles. The lowest BCUT2D eigenvalue weighted by Gasteiger charge is -2.13. The van der Waals surface area contributed by atoms with Crippen molar-refractivity contribution in [3.05, 3.63) is 58.0 Å². The van der Waals surface area contributed by atoms with Crippen molar-refractivity contribution >= 4 is 40.6 Å². The van der Waals surface area contributed by atoms with Crippen LogP contribution in [0.3, 0.4) is 0 Å². The summed E-state index contributed by atoms with van der Waals surface area (Å²) in [6, 6.07) is 10.9. The predicted octanol–water partition coefficient (Wildman–Crippen LogP) is 4.39. The highest BCUT2D eigenvalue weighted by atomic mass is 32.2. The van der Waals surface area contributed by atoms with E-state index in [2.05, 4.69) is 5.32 Å². The van der Waals surface area contributed by atoms with Gasteiger partial charge in [-0.1, -0.05) is 12.1 Å².